The third-order valence-electron chi connectivity index (χ3n) is 6.15. The Kier molecular flexibility index (Phi) is 8.85. The van der Waals surface area contributed by atoms with Gasteiger partial charge in [0.2, 0.25) is 15.9 Å². The summed E-state index contributed by atoms with van der Waals surface area (Å²) in [5, 5.41) is 3.17. The molecule has 1 amide bonds. The summed E-state index contributed by atoms with van der Waals surface area (Å²) < 4.78 is 29.3. The molecule has 0 spiro atoms. The quantitative estimate of drug-likeness (QED) is 0.405. The van der Waals surface area contributed by atoms with Crippen molar-refractivity contribution in [3.05, 3.63) is 59.9 Å². The molecule has 1 aromatic heterocycles. The van der Waals surface area contributed by atoms with Crippen molar-refractivity contribution in [2.75, 3.05) is 13.1 Å². The number of benzene rings is 2. The predicted molar refractivity (Wildman–Crippen MR) is 136 cm³/mol. The fourth-order valence-electron chi connectivity index (χ4n) is 4.36. The van der Waals surface area contributed by atoms with Crippen molar-refractivity contribution in [2.24, 2.45) is 0 Å². The lowest BCUT2D eigenvalue weighted by atomic mass is 10.0. The van der Waals surface area contributed by atoms with Gasteiger partial charge in [-0.3, -0.25) is 4.79 Å². The number of imidazole rings is 1. The third kappa shape index (κ3) is 5.67. The average Bonchev–Trinajstić information content (AvgIpc) is 3.20. The van der Waals surface area contributed by atoms with Crippen LogP contribution >= 0.6 is 0 Å². The molecule has 0 aliphatic heterocycles. The normalized spacial score (nSPS) is 12.9. The van der Waals surface area contributed by atoms with Crippen LogP contribution in [0.1, 0.15) is 64.4 Å². The Bertz CT molecular complexity index is 1200. The van der Waals surface area contributed by atoms with E-state index < -0.39 is 10.0 Å². The molecular formula is C26H36N4O3S. The molecule has 1 unspecified atom stereocenters. The molecule has 34 heavy (non-hydrogen) atoms. The summed E-state index contributed by atoms with van der Waals surface area (Å²) in [6.45, 7) is 9.33. The molecule has 3 rings (SSSR count). The van der Waals surface area contributed by atoms with Crippen molar-refractivity contribution in [2.45, 2.75) is 70.9 Å². The SMILES string of the molecule is CCCC(NC(=O)CCc1nc2cc(S(=O)(=O)N(CC)CC)ccc2n1CC)c1ccccc1. The van der Waals surface area contributed by atoms with E-state index in [9.17, 15) is 13.2 Å². The summed E-state index contributed by atoms with van der Waals surface area (Å²) in [5.41, 5.74) is 2.63. The van der Waals surface area contributed by atoms with Gasteiger partial charge in [0, 0.05) is 32.5 Å². The predicted octanol–water partition coefficient (Wildman–Crippen LogP) is 4.68. The minimum Gasteiger partial charge on any atom is -0.349 e. The van der Waals surface area contributed by atoms with Crippen LogP contribution in [0.15, 0.2) is 53.4 Å². The first-order valence-electron chi connectivity index (χ1n) is 12.2. The van der Waals surface area contributed by atoms with E-state index in [4.69, 9.17) is 4.98 Å². The van der Waals surface area contributed by atoms with Gasteiger partial charge in [-0.25, -0.2) is 13.4 Å². The van der Waals surface area contributed by atoms with E-state index in [0.29, 0.717) is 38.0 Å². The Morgan fingerprint density at radius 1 is 1.06 bits per heavy atom. The molecule has 0 saturated heterocycles. The van der Waals surface area contributed by atoms with Gasteiger partial charge in [0.05, 0.1) is 22.0 Å². The van der Waals surface area contributed by atoms with E-state index in [1.807, 2.05) is 57.2 Å². The lowest BCUT2D eigenvalue weighted by Crippen LogP contribution is -2.30. The zero-order chi connectivity index (χ0) is 24.7. The molecule has 0 saturated carbocycles. The topological polar surface area (TPSA) is 84.3 Å². The van der Waals surface area contributed by atoms with Crippen molar-refractivity contribution < 1.29 is 13.2 Å². The number of rotatable bonds is 12. The molecule has 1 N–H and O–H groups in total. The molecule has 2 aromatic carbocycles. The van der Waals surface area contributed by atoms with Gasteiger partial charge in [-0.2, -0.15) is 4.31 Å². The molecule has 8 heteroatoms. The fraction of sp³-hybridized carbons (Fsp3) is 0.462. The highest BCUT2D eigenvalue weighted by molar-refractivity contribution is 7.89. The molecule has 0 aliphatic carbocycles. The molecule has 184 valence electrons. The number of hydrogen-bond donors (Lipinski definition) is 1. The van der Waals surface area contributed by atoms with Crippen LogP contribution in [0.4, 0.5) is 0 Å². The molecular weight excluding hydrogens is 448 g/mol. The van der Waals surface area contributed by atoms with Gasteiger partial charge in [0.25, 0.3) is 0 Å². The highest BCUT2D eigenvalue weighted by atomic mass is 32.2. The largest absolute Gasteiger partial charge is 0.349 e. The van der Waals surface area contributed by atoms with E-state index in [2.05, 4.69) is 16.8 Å². The van der Waals surface area contributed by atoms with Crippen LogP contribution in [-0.2, 0) is 27.8 Å². The molecule has 7 nitrogen and oxygen atoms in total. The molecule has 0 aliphatic rings. The number of amides is 1. The highest BCUT2D eigenvalue weighted by Gasteiger charge is 2.23. The number of hydrogen-bond acceptors (Lipinski definition) is 4. The average molecular weight is 485 g/mol. The number of fused-ring (bicyclic) bond motifs is 1. The van der Waals surface area contributed by atoms with Crippen LogP contribution in [-0.4, -0.2) is 41.3 Å². The first-order valence-corrected chi connectivity index (χ1v) is 13.6. The maximum absolute atomic E-state index is 12.9. The van der Waals surface area contributed by atoms with Crippen molar-refractivity contribution in [1.29, 1.82) is 0 Å². The van der Waals surface area contributed by atoms with Crippen molar-refractivity contribution >= 4 is 27.0 Å². The van der Waals surface area contributed by atoms with Crippen molar-refractivity contribution in [1.82, 2.24) is 19.2 Å². The van der Waals surface area contributed by atoms with Crippen LogP contribution in [0.25, 0.3) is 11.0 Å². The number of sulfonamides is 1. The van der Waals surface area contributed by atoms with Gasteiger partial charge in [0.15, 0.2) is 0 Å². The smallest absolute Gasteiger partial charge is 0.243 e. The van der Waals surface area contributed by atoms with Gasteiger partial charge in [-0.05, 0) is 37.1 Å². The molecule has 1 heterocycles. The summed E-state index contributed by atoms with van der Waals surface area (Å²) in [6, 6.07) is 15.1. The van der Waals surface area contributed by atoms with E-state index in [0.717, 1.165) is 29.7 Å². The van der Waals surface area contributed by atoms with E-state index in [-0.39, 0.29) is 16.8 Å². The van der Waals surface area contributed by atoms with Crippen molar-refractivity contribution in [3.63, 3.8) is 0 Å². The zero-order valence-corrected chi connectivity index (χ0v) is 21.4. The molecule has 0 bridgehead atoms. The Labute approximate surface area is 203 Å². The van der Waals surface area contributed by atoms with Gasteiger partial charge >= 0.3 is 0 Å². The maximum atomic E-state index is 12.9. The summed E-state index contributed by atoms with van der Waals surface area (Å²) in [7, 11) is -3.55. The number of nitrogens with zero attached hydrogens (tertiary/aromatic N) is 3. The summed E-state index contributed by atoms with van der Waals surface area (Å²) in [6.07, 6.45) is 2.66. The van der Waals surface area contributed by atoms with Gasteiger partial charge in [-0.1, -0.05) is 57.5 Å². The minimum atomic E-state index is -3.55. The van der Waals surface area contributed by atoms with E-state index in [1.165, 1.54) is 4.31 Å². The van der Waals surface area contributed by atoms with Gasteiger partial charge in [-0.15, -0.1) is 0 Å². The molecule has 0 radical (unpaired) electrons. The molecule has 0 fully saturated rings. The first-order chi connectivity index (χ1) is 16.3. The lowest BCUT2D eigenvalue weighted by Gasteiger charge is -2.18. The number of nitrogens with one attached hydrogen (secondary N) is 1. The Morgan fingerprint density at radius 2 is 1.76 bits per heavy atom. The first kappa shape index (κ1) is 25.9. The minimum absolute atomic E-state index is 0.00321. The zero-order valence-electron chi connectivity index (χ0n) is 20.6. The fourth-order valence-corrected chi connectivity index (χ4v) is 5.84. The van der Waals surface area contributed by atoms with Crippen LogP contribution in [0, 0.1) is 0 Å². The summed E-state index contributed by atoms with van der Waals surface area (Å²) >= 11 is 0. The third-order valence-corrected chi connectivity index (χ3v) is 8.19. The number of aryl methyl sites for hydroxylation is 2. The maximum Gasteiger partial charge on any atom is 0.243 e. The Morgan fingerprint density at radius 3 is 2.38 bits per heavy atom. The second-order valence-corrected chi connectivity index (χ2v) is 10.3. The second-order valence-electron chi connectivity index (χ2n) is 8.33. The Balaban J connectivity index is 1.78. The lowest BCUT2D eigenvalue weighted by molar-refractivity contribution is -0.121. The van der Waals surface area contributed by atoms with Gasteiger partial charge in [0.1, 0.15) is 5.82 Å². The summed E-state index contributed by atoms with van der Waals surface area (Å²) in [4.78, 5) is 17.7. The van der Waals surface area contributed by atoms with E-state index >= 15 is 0 Å². The monoisotopic (exact) mass is 484 g/mol. The van der Waals surface area contributed by atoms with Gasteiger partial charge < -0.3 is 9.88 Å². The number of aromatic nitrogens is 2. The summed E-state index contributed by atoms with van der Waals surface area (Å²) in [5.74, 6) is 0.776. The number of carbonyl (C=O) groups excluding carboxylic acids is 1. The van der Waals surface area contributed by atoms with Crippen LogP contribution in [0.2, 0.25) is 0 Å². The highest BCUT2D eigenvalue weighted by Crippen LogP contribution is 2.24. The van der Waals surface area contributed by atoms with E-state index in [1.54, 1.807) is 12.1 Å². The number of carbonyl (C=O) groups is 1. The van der Waals surface area contributed by atoms with Crippen LogP contribution in [0.3, 0.4) is 0 Å². The Hall–Kier alpha value is -2.71. The standard InChI is InChI=1S/C26H36N4O3S/c1-5-12-22(20-13-10-9-11-14-20)28-26(31)18-17-25-27-23-19-21(15-16-24(23)30(25)8-4)34(32,33)29(6-2)7-3/h9-11,13-16,19,22H,5-8,12,17-18H2,1-4H3,(H,28,31). The second kappa shape index (κ2) is 11.6. The van der Waals surface area contributed by atoms with Crippen LogP contribution < -0.4 is 5.32 Å². The van der Waals surface area contributed by atoms with Crippen LogP contribution in [0.5, 0.6) is 0 Å². The molecule has 3 aromatic rings. The van der Waals surface area contributed by atoms with Crippen molar-refractivity contribution in [3.8, 4) is 0 Å². The molecule has 1 atom stereocenters.